The molecule has 128 valence electrons. The first-order chi connectivity index (χ1) is 11.1. The lowest BCUT2D eigenvalue weighted by Gasteiger charge is -2.28. The van der Waals surface area contributed by atoms with Crippen LogP contribution in [0.5, 0.6) is 0 Å². The Morgan fingerprint density at radius 3 is 2.29 bits per heavy atom. The van der Waals surface area contributed by atoms with E-state index in [1.54, 1.807) is 0 Å². The van der Waals surface area contributed by atoms with Crippen LogP contribution < -0.4 is 11.1 Å². The van der Waals surface area contributed by atoms with Gasteiger partial charge in [0.2, 0.25) is 11.0 Å². The summed E-state index contributed by atoms with van der Waals surface area (Å²) >= 11 is 1.31. The van der Waals surface area contributed by atoms with Crippen molar-refractivity contribution in [3.63, 3.8) is 0 Å². The molecule has 0 saturated heterocycles. The number of amides is 1. The van der Waals surface area contributed by atoms with Crippen molar-refractivity contribution in [2.24, 2.45) is 5.41 Å². The van der Waals surface area contributed by atoms with Crippen LogP contribution in [0.25, 0.3) is 0 Å². The molecular weight excluding hydrogens is 320 g/mol. The fraction of sp³-hybridized carbons (Fsp3) is 0.500. The van der Waals surface area contributed by atoms with Crippen LogP contribution in [0.3, 0.4) is 0 Å². The number of hydrogen-bond donors (Lipinski definition) is 2. The van der Waals surface area contributed by atoms with Gasteiger partial charge in [0.25, 0.3) is 0 Å². The first kappa shape index (κ1) is 16.9. The fourth-order valence-corrected chi connectivity index (χ4v) is 4.07. The zero-order valence-electron chi connectivity index (χ0n) is 14.8. The highest BCUT2D eigenvalue weighted by Crippen LogP contribution is 2.64. The molecule has 0 aliphatic heterocycles. The Kier molecular flexibility index (Phi) is 3.71. The third-order valence-corrected chi connectivity index (χ3v) is 6.15. The van der Waals surface area contributed by atoms with Gasteiger partial charge in [-0.15, -0.1) is 10.2 Å². The molecule has 1 saturated carbocycles. The van der Waals surface area contributed by atoms with Gasteiger partial charge < -0.3 is 11.1 Å². The van der Waals surface area contributed by atoms with E-state index >= 15 is 0 Å². The van der Waals surface area contributed by atoms with Crippen LogP contribution in [-0.2, 0) is 15.7 Å². The molecule has 1 aromatic carbocycles. The highest BCUT2D eigenvalue weighted by Gasteiger charge is 2.67. The first-order valence-electron chi connectivity index (χ1n) is 8.08. The highest BCUT2D eigenvalue weighted by atomic mass is 32.1. The summed E-state index contributed by atoms with van der Waals surface area (Å²) in [7, 11) is 0. The second-order valence-electron chi connectivity index (χ2n) is 7.86. The van der Waals surface area contributed by atoms with Gasteiger partial charge in [-0.2, -0.15) is 0 Å². The van der Waals surface area contributed by atoms with Crippen molar-refractivity contribution in [3.8, 4) is 0 Å². The summed E-state index contributed by atoms with van der Waals surface area (Å²) < 4.78 is 0. The minimum Gasteiger partial charge on any atom is -0.374 e. The highest BCUT2D eigenvalue weighted by molar-refractivity contribution is 7.15. The summed E-state index contributed by atoms with van der Waals surface area (Å²) in [6.45, 7) is 10.2. The van der Waals surface area contributed by atoms with Crippen molar-refractivity contribution in [2.45, 2.75) is 52.0 Å². The molecule has 1 heterocycles. The Hall–Kier alpha value is -1.95. The number of benzene rings is 1. The van der Waals surface area contributed by atoms with Gasteiger partial charge in [-0.05, 0) is 38.2 Å². The molecule has 6 heteroatoms. The lowest BCUT2D eigenvalue weighted by molar-refractivity contribution is -0.126. The molecule has 1 atom stereocenters. The molecule has 24 heavy (non-hydrogen) atoms. The number of anilines is 1. The topological polar surface area (TPSA) is 80.9 Å². The van der Waals surface area contributed by atoms with E-state index in [0.29, 0.717) is 10.1 Å². The summed E-state index contributed by atoms with van der Waals surface area (Å²) in [5.41, 5.74) is 6.78. The van der Waals surface area contributed by atoms with Gasteiger partial charge in [-0.3, -0.25) is 4.79 Å². The van der Waals surface area contributed by atoms with Crippen molar-refractivity contribution >= 4 is 22.4 Å². The Morgan fingerprint density at radius 2 is 1.83 bits per heavy atom. The molecule has 2 aromatic rings. The molecule has 1 aliphatic carbocycles. The second kappa shape index (κ2) is 5.28. The average Bonchev–Trinajstić information content (AvgIpc) is 2.84. The van der Waals surface area contributed by atoms with Gasteiger partial charge >= 0.3 is 0 Å². The number of aromatic nitrogens is 2. The monoisotopic (exact) mass is 344 g/mol. The maximum Gasteiger partial charge on any atom is 0.231 e. The zero-order valence-corrected chi connectivity index (χ0v) is 15.6. The van der Waals surface area contributed by atoms with E-state index in [1.165, 1.54) is 16.9 Å². The molecule has 0 bridgehead atoms. The third-order valence-electron chi connectivity index (χ3n) is 5.07. The van der Waals surface area contributed by atoms with Crippen molar-refractivity contribution in [3.05, 3.63) is 40.4 Å². The molecule has 5 nitrogen and oxygen atoms in total. The number of carbonyl (C=O) groups excluding carboxylic acids is 1. The van der Waals surface area contributed by atoms with Crippen LogP contribution in [0.4, 0.5) is 5.13 Å². The van der Waals surface area contributed by atoms with Crippen LogP contribution >= 0.6 is 11.3 Å². The molecular formula is C18H24N4OS. The summed E-state index contributed by atoms with van der Waals surface area (Å²) in [5.74, 6) is 0.0372. The van der Waals surface area contributed by atoms with Crippen molar-refractivity contribution < 1.29 is 4.79 Å². The first-order valence-corrected chi connectivity index (χ1v) is 8.89. The van der Waals surface area contributed by atoms with Gasteiger partial charge in [-0.25, -0.2) is 0 Å². The van der Waals surface area contributed by atoms with Gasteiger partial charge in [-0.1, -0.05) is 55.0 Å². The van der Waals surface area contributed by atoms with E-state index in [-0.39, 0.29) is 11.3 Å². The standard InChI is InChI=1S/C18H24N4OS/c1-11-6-8-12(9-7-11)18(10-16(18,2)3)13(23)20-17(4,5)14-21-22-15(19)24-14/h6-9H,10H2,1-5H3,(H2,19,22)(H,20,23). The number of hydrogen-bond acceptors (Lipinski definition) is 5. The molecule has 1 aromatic heterocycles. The van der Waals surface area contributed by atoms with E-state index in [2.05, 4.69) is 60.6 Å². The summed E-state index contributed by atoms with van der Waals surface area (Å²) in [4.78, 5) is 13.2. The van der Waals surface area contributed by atoms with Gasteiger partial charge in [0, 0.05) is 0 Å². The number of nitrogens with one attached hydrogen (secondary N) is 1. The molecule has 1 aliphatic rings. The lowest BCUT2D eigenvalue weighted by Crippen LogP contribution is -2.47. The minimum atomic E-state index is -0.608. The predicted molar refractivity (Wildman–Crippen MR) is 96.7 cm³/mol. The maximum absolute atomic E-state index is 13.2. The largest absolute Gasteiger partial charge is 0.374 e. The Balaban J connectivity index is 1.90. The van der Waals surface area contributed by atoms with E-state index in [1.807, 2.05) is 13.8 Å². The van der Waals surface area contributed by atoms with Crippen LogP contribution in [0.15, 0.2) is 24.3 Å². The van der Waals surface area contributed by atoms with Gasteiger partial charge in [0.1, 0.15) is 5.01 Å². The summed E-state index contributed by atoms with van der Waals surface area (Å²) in [6.07, 6.45) is 0.837. The number of nitrogens with zero attached hydrogens (tertiary/aromatic N) is 2. The molecule has 3 rings (SSSR count). The molecule has 3 N–H and O–H groups in total. The second-order valence-corrected chi connectivity index (χ2v) is 8.87. The molecule has 1 amide bonds. The number of aryl methyl sites for hydroxylation is 1. The SMILES string of the molecule is Cc1ccc(C2(C(=O)NC(C)(C)c3nnc(N)s3)CC2(C)C)cc1. The van der Waals surface area contributed by atoms with E-state index in [9.17, 15) is 4.79 Å². The van der Waals surface area contributed by atoms with Gasteiger partial charge in [0.05, 0.1) is 11.0 Å². The van der Waals surface area contributed by atoms with Crippen LogP contribution in [0.2, 0.25) is 0 Å². The van der Waals surface area contributed by atoms with Crippen molar-refractivity contribution in [2.75, 3.05) is 5.73 Å². The molecule has 1 unspecified atom stereocenters. The summed E-state index contributed by atoms with van der Waals surface area (Å²) in [5, 5.41) is 12.2. The quantitative estimate of drug-likeness (QED) is 0.893. The minimum absolute atomic E-state index is 0.0372. The van der Waals surface area contributed by atoms with Crippen LogP contribution in [0.1, 0.15) is 50.3 Å². The maximum atomic E-state index is 13.2. The number of rotatable bonds is 4. The smallest absolute Gasteiger partial charge is 0.231 e. The number of nitrogen functional groups attached to an aromatic ring is 1. The Bertz CT molecular complexity index is 779. The van der Waals surface area contributed by atoms with Crippen molar-refractivity contribution in [1.29, 1.82) is 0 Å². The predicted octanol–water partition coefficient (Wildman–Crippen LogP) is 3.15. The zero-order chi connectivity index (χ0) is 17.8. The Morgan fingerprint density at radius 1 is 1.25 bits per heavy atom. The van der Waals surface area contributed by atoms with Crippen molar-refractivity contribution in [1.82, 2.24) is 15.5 Å². The summed E-state index contributed by atoms with van der Waals surface area (Å²) in [6, 6.07) is 8.27. The fourth-order valence-electron chi connectivity index (χ4n) is 3.40. The Labute approximate surface area is 146 Å². The third kappa shape index (κ3) is 2.59. The van der Waals surface area contributed by atoms with E-state index in [4.69, 9.17) is 5.73 Å². The molecule has 0 radical (unpaired) electrons. The van der Waals surface area contributed by atoms with Crippen LogP contribution in [-0.4, -0.2) is 16.1 Å². The van der Waals surface area contributed by atoms with E-state index < -0.39 is 11.0 Å². The van der Waals surface area contributed by atoms with Gasteiger partial charge in [0.15, 0.2) is 0 Å². The normalized spacial score (nSPS) is 22.2. The van der Waals surface area contributed by atoms with Crippen LogP contribution in [0, 0.1) is 12.3 Å². The number of carbonyl (C=O) groups is 1. The van der Waals surface area contributed by atoms with E-state index in [0.717, 1.165) is 12.0 Å². The lowest BCUT2D eigenvalue weighted by atomic mass is 9.85. The number of nitrogens with two attached hydrogens (primary N) is 1. The molecule has 0 spiro atoms. The molecule has 1 fully saturated rings. The average molecular weight is 344 g/mol.